The van der Waals surface area contributed by atoms with Crippen LogP contribution >= 0.6 is 0 Å². The number of carbonyl (C=O) groups excluding carboxylic acids is 1. The van der Waals surface area contributed by atoms with Crippen LogP contribution in [-0.2, 0) is 0 Å². The van der Waals surface area contributed by atoms with E-state index in [1.165, 1.54) is 6.20 Å². The highest BCUT2D eigenvalue weighted by atomic mass is 16.1. The van der Waals surface area contributed by atoms with E-state index >= 15 is 0 Å². The lowest BCUT2D eigenvalue weighted by atomic mass is 10.2. The van der Waals surface area contributed by atoms with Gasteiger partial charge in [0.2, 0.25) is 5.91 Å². The molecule has 0 aromatic carbocycles. The number of hydrogen-bond donors (Lipinski definition) is 3. The number of hydrogen-bond acceptors (Lipinski definition) is 4. The van der Waals surface area contributed by atoms with E-state index in [1.54, 1.807) is 18.3 Å². The first kappa shape index (κ1) is 11.1. The molecular weight excluding hydrogens is 218 g/mol. The number of H-pyrrole nitrogens is 1. The summed E-state index contributed by atoms with van der Waals surface area (Å²) in [6.45, 7) is 1.99. The standard InChI is InChI=1S/C11H13N5O/c1-7(9-5-14-15-6-9)16-10-3-2-8(4-13-10)11(12)17/h2-7H,1H3,(H2,12,17)(H,13,16)(H,14,15). The first-order valence-electron chi connectivity index (χ1n) is 5.18. The Balaban J connectivity index is 2.06. The number of primary amides is 1. The average Bonchev–Trinajstić information content (AvgIpc) is 2.83. The Morgan fingerprint density at radius 3 is 2.82 bits per heavy atom. The molecule has 0 aliphatic carbocycles. The molecule has 0 saturated heterocycles. The van der Waals surface area contributed by atoms with Gasteiger partial charge in [0.25, 0.3) is 0 Å². The van der Waals surface area contributed by atoms with Crippen LogP contribution in [0.25, 0.3) is 0 Å². The molecule has 0 aliphatic heterocycles. The smallest absolute Gasteiger partial charge is 0.250 e. The van der Waals surface area contributed by atoms with Crippen molar-refractivity contribution in [1.29, 1.82) is 0 Å². The van der Waals surface area contributed by atoms with Crippen molar-refractivity contribution in [3.8, 4) is 0 Å². The molecule has 6 heteroatoms. The molecule has 2 rings (SSSR count). The van der Waals surface area contributed by atoms with Crippen molar-refractivity contribution >= 4 is 11.7 Å². The van der Waals surface area contributed by atoms with Crippen molar-refractivity contribution in [2.45, 2.75) is 13.0 Å². The summed E-state index contributed by atoms with van der Waals surface area (Å²) in [5.41, 5.74) is 6.56. The van der Waals surface area contributed by atoms with Gasteiger partial charge >= 0.3 is 0 Å². The third-order valence-corrected chi connectivity index (χ3v) is 2.43. The lowest BCUT2D eigenvalue weighted by molar-refractivity contribution is 0.1000. The zero-order valence-corrected chi connectivity index (χ0v) is 9.34. The van der Waals surface area contributed by atoms with Crippen LogP contribution in [0.1, 0.15) is 28.9 Å². The predicted molar refractivity (Wildman–Crippen MR) is 63.4 cm³/mol. The van der Waals surface area contributed by atoms with Gasteiger partial charge in [-0.15, -0.1) is 0 Å². The molecule has 4 N–H and O–H groups in total. The number of anilines is 1. The summed E-state index contributed by atoms with van der Waals surface area (Å²) < 4.78 is 0. The number of aromatic nitrogens is 3. The molecule has 0 aliphatic rings. The third kappa shape index (κ3) is 2.60. The van der Waals surface area contributed by atoms with E-state index in [0.29, 0.717) is 11.4 Å². The molecule has 2 heterocycles. The summed E-state index contributed by atoms with van der Waals surface area (Å²) in [6, 6.07) is 3.44. The Kier molecular flexibility index (Phi) is 3.04. The molecule has 0 bridgehead atoms. The monoisotopic (exact) mass is 231 g/mol. The fourth-order valence-corrected chi connectivity index (χ4v) is 1.43. The zero-order chi connectivity index (χ0) is 12.3. The van der Waals surface area contributed by atoms with E-state index in [-0.39, 0.29) is 6.04 Å². The van der Waals surface area contributed by atoms with E-state index in [1.807, 2.05) is 13.1 Å². The second-order valence-electron chi connectivity index (χ2n) is 3.69. The molecule has 6 nitrogen and oxygen atoms in total. The molecule has 88 valence electrons. The van der Waals surface area contributed by atoms with Gasteiger partial charge in [-0.2, -0.15) is 5.10 Å². The number of amides is 1. The molecule has 0 saturated carbocycles. The van der Waals surface area contributed by atoms with Crippen molar-refractivity contribution in [3.63, 3.8) is 0 Å². The van der Waals surface area contributed by atoms with Crippen molar-refractivity contribution in [2.75, 3.05) is 5.32 Å². The highest BCUT2D eigenvalue weighted by molar-refractivity contribution is 5.92. The number of nitrogens with one attached hydrogen (secondary N) is 2. The molecule has 17 heavy (non-hydrogen) atoms. The minimum absolute atomic E-state index is 0.0840. The van der Waals surface area contributed by atoms with Crippen molar-refractivity contribution < 1.29 is 4.79 Å². The number of rotatable bonds is 4. The van der Waals surface area contributed by atoms with E-state index in [0.717, 1.165) is 5.56 Å². The van der Waals surface area contributed by atoms with Gasteiger partial charge in [-0.3, -0.25) is 9.89 Å². The van der Waals surface area contributed by atoms with Gasteiger partial charge in [-0.1, -0.05) is 0 Å². The second kappa shape index (κ2) is 4.65. The maximum atomic E-state index is 10.9. The number of aromatic amines is 1. The van der Waals surface area contributed by atoms with E-state index in [9.17, 15) is 4.79 Å². The SMILES string of the molecule is CC(Nc1ccc(C(N)=O)cn1)c1cn[nH]c1. The minimum atomic E-state index is -0.480. The zero-order valence-electron chi connectivity index (χ0n) is 9.34. The summed E-state index contributed by atoms with van der Waals surface area (Å²) >= 11 is 0. The van der Waals surface area contributed by atoms with Crippen LogP contribution in [0.5, 0.6) is 0 Å². The Morgan fingerprint density at radius 2 is 2.29 bits per heavy atom. The summed E-state index contributed by atoms with van der Waals surface area (Å²) in [5.74, 6) is 0.204. The van der Waals surface area contributed by atoms with Gasteiger partial charge in [0.05, 0.1) is 17.8 Å². The molecule has 1 atom stereocenters. The van der Waals surface area contributed by atoms with Crippen molar-refractivity contribution in [2.24, 2.45) is 5.73 Å². The molecule has 1 unspecified atom stereocenters. The van der Waals surface area contributed by atoms with Crippen LogP contribution in [0, 0.1) is 0 Å². The summed E-state index contributed by atoms with van der Waals surface area (Å²) in [4.78, 5) is 15.0. The molecule has 0 radical (unpaired) electrons. The quantitative estimate of drug-likeness (QED) is 0.733. The molecule has 2 aromatic rings. The lowest BCUT2D eigenvalue weighted by Crippen LogP contribution is -2.12. The summed E-state index contributed by atoms with van der Waals surface area (Å²) in [7, 11) is 0. The number of carbonyl (C=O) groups is 1. The van der Waals surface area contributed by atoms with E-state index in [2.05, 4.69) is 20.5 Å². The lowest BCUT2D eigenvalue weighted by Gasteiger charge is -2.12. The van der Waals surface area contributed by atoms with Gasteiger partial charge in [-0.05, 0) is 19.1 Å². The fraction of sp³-hybridized carbons (Fsp3) is 0.182. The number of pyridine rings is 1. The van der Waals surface area contributed by atoms with Crippen LogP contribution < -0.4 is 11.1 Å². The predicted octanol–water partition coefficient (Wildman–Crippen LogP) is 1.08. The third-order valence-electron chi connectivity index (χ3n) is 2.43. The normalized spacial score (nSPS) is 12.1. The van der Waals surface area contributed by atoms with Crippen LogP contribution in [0.15, 0.2) is 30.7 Å². The van der Waals surface area contributed by atoms with Gasteiger partial charge in [0.15, 0.2) is 0 Å². The maximum Gasteiger partial charge on any atom is 0.250 e. The topological polar surface area (TPSA) is 96.7 Å². The molecule has 1 amide bonds. The van der Waals surface area contributed by atoms with Crippen molar-refractivity contribution in [3.05, 3.63) is 41.9 Å². The fourth-order valence-electron chi connectivity index (χ4n) is 1.43. The molecule has 2 aromatic heterocycles. The minimum Gasteiger partial charge on any atom is -0.366 e. The van der Waals surface area contributed by atoms with Crippen LogP contribution in [0.2, 0.25) is 0 Å². The van der Waals surface area contributed by atoms with Gasteiger partial charge in [0.1, 0.15) is 5.82 Å². The average molecular weight is 231 g/mol. The highest BCUT2D eigenvalue weighted by Gasteiger charge is 2.07. The number of nitrogens with two attached hydrogens (primary N) is 1. The van der Waals surface area contributed by atoms with Gasteiger partial charge in [0, 0.05) is 18.0 Å². The molecular formula is C11H13N5O. The molecule has 0 spiro atoms. The maximum absolute atomic E-state index is 10.9. The Labute approximate surface area is 98.3 Å². The van der Waals surface area contributed by atoms with Gasteiger partial charge in [-0.25, -0.2) is 4.98 Å². The van der Waals surface area contributed by atoms with Gasteiger partial charge < -0.3 is 11.1 Å². The van der Waals surface area contributed by atoms with Crippen LogP contribution in [0.4, 0.5) is 5.82 Å². The van der Waals surface area contributed by atoms with Crippen molar-refractivity contribution in [1.82, 2.24) is 15.2 Å². The second-order valence-corrected chi connectivity index (χ2v) is 3.69. The summed E-state index contributed by atoms with van der Waals surface area (Å²) in [6.07, 6.45) is 5.01. The Morgan fingerprint density at radius 1 is 1.47 bits per heavy atom. The first-order chi connectivity index (χ1) is 8.16. The van der Waals surface area contributed by atoms with E-state index in [4.69, 9.17) is 5.73 Å². The van der Waals surface area contributed by atoms with Crippen LogP contribution in [0.3, 0.4) is 0 Å². The highest BCUT2D eigenvalue weighted by Crippen LogP contribution is 2.16. The number of nitrogens with zero attached hydrogens (tertiary/aromatic N) is 2. The largest absolute Gasteiger partial charge is 0.366 e. The molecule has 0 fully saturated rings. The van der Waals surface area contributed by atoms with E-state index < -0.39 is 5.91 Å². The first-order valence-corrected chi connectivity index (χ1v) is 5.18. The Bertz CT molecular complexity index is 491. The van der Waals surface area contributed by atoms with Crippen LogP contribution in [-0.4, -0.2) is 21.1 Å². The Hall–Kier alpha value is -2.37. The summed E-state index contributed by atoms with van der Waals surface area (Å²) in [5, 5.41) is 9.81.